The van der Waals surface area contributed by atoms with Gasteiger partial charge in [0.25, 0.3) is 0 Å². The monoisotopic (exact) mass is 606 g/mol. The fourth-order valence-corrected chi connectivity index (χ4v) is 1.64. The Morgan fingerprint density at radius 1 is 0.333 bits per heavy atom. The van der Waals surface area contributed by atoms with Gasteiger partial charge in [-0.25, -0.2) is 38.4 Å². The van der Waals surface area contributed by atoms with Crippen LogP contribution in [0.3, 0.4) is 0 Å². The molecule has 0 saturated heterocycles. The molecule has 0 atom stereocenters. The van der Waals surface area contributed by atoms with Crippen molar-refractivity contribution in [2.75, 3.05) is 0 Å². The van der Waals surface area contributed by atoms with Crippen molar-refractivity contribution in [3.63, 3.8) is 0 Å². The second kappa shape index (κ2) is 23.2. The van der Waals surface area contributed by atoms with E-state index in [4.69, 9.17) is 40.9 Å². The van der Waals surface area contributed by atoms with Gasteiger partial charge < -0.3 is 59.8 Å². The van der Waals surface area contributed by atoms with Gasteiger partial charge in [-0.15, -0.1) is 0 Å². The molecule has 0 aliphatic carbocycles. The molecular weight excluding hydrogens is 588 g/mol. The lowest BCUT2D eigenvalue weighted by atomic mass is 10.0. The molecule has 0 unspecified atom stereocenters. The number of ether oxygens (including phenoxy) is 4. The third kappa shape index (κ3) is 31.1. The van der Waals surface area contributed by atoms with Crippen LogP contribution in [0.5, 0.6) is 0 Å². The van der Waals surface area contributed by atoms with Gasteiger partial charge in [0.15, 0.2) is 5.78 Å². The Labute approximate surface area is 230 Å². The molecule has 228 valence electrons. The number of benzene rings is 2. The molecule has 2 aromatic carbocycles. The van der Waals surface area contributed by atoms with Gasteiger partial charge in [0, 0.05) is 11.1 Å². The van der Waals surface area contributed by atoms with Crippen molar-refractivity contribution < 1.29 is 103 Å². The molecule has 0 aliphatic rings. The number of rotatable bonds is 2. The Bertz CT molecular complexity index is 1010. The van der Waals surface area contributed by atoms with Crippen molar-refractivity contribution in [3.8, 4) is 0 Å². The van der Waals surface area contributed by atoms with Crippen LogP contribution in [0.1, 0.15) is 15.9 Å². The highest BCUT2D eigenvalue weighted by molar-refractivity contribution is 6.08. The van der Waals surface area contributed by atoms with Gasteiger partial charge in [-0.05, 0) is 0 Å². The molecule has 0 bridgehead atoms. The maximum absolute atomic E-state index is 11.8. The molecule has 0 fully saturated rings. The highest BCUT2D eigenvalue weighted by Gasteiger charge is 2.06. The molecule has 21 heteroatoms. The maximum Gasteiger partial charge on any atom is 0.516 e. The second-order valence-corrected chi connectivity index (χ2v) is 5.60. The summed E-state index contributed by atoms with van der Waals surface area (Å²) in [4.78, 5) is 85.5. The Morgan fingerprint density at radius 2 is 0.500 bits per heavy atom. The van der Waals surface area contributed by atoms with Crippen LogP contribution in [-0.2, 0) is 18.9 Å². The molecule has 2 rings (SSSR count). The first-order chi connectivity index (χ1) is 19.4. The van der Waals surface area contributed by atoms with E-state index in [1.807, 2.05) is 60.7 Å². The summed E-state index contributed by atoms with van der Waals surface area (Å²) in [7, 11) is 0. The lowest BCUT2D eigenvalue weighted by Gasteiger charge is -1.99. The average Bonchev–Trinajstić information content (AvgIpc) is 2.83. The van der Waals surface area contributed by atoms with Crippen molar-refractivity contribution in [3.05, 3.63) is 71.8 Å². The Hall–Kier alpha value is -6.93. The van der Waals surface area contributed by atoms with Gasteiger partial charge in [-0.2, -0.15) is 0 Å². The van der Waals surface area contributed by atoms with Crippen LogP contribution in [0, 0.1) is 0 Å². The third-order valence-electron chi connectivity index (χ3n) is 2.77. The van der Waals surface area contributed by atoms with Crippen LogP contribution >= 0.6 is 0 Å². The molecule has 0 aliphatic heterocycles. The second-order valence-electron chi connectivity index (χ2n) is 5.60. The quantitative estimate of drug-likeness (QED) is 0.102. The summed E-state index contributed by atoms with van der Waals surface area (Å²) in [5.74, 6) is 0.0752. The summed E-state index contributed by atoms with van der Waals surface area (Å²) in [5.41, 5.74) is 1.47. The van der Waals surface area contributed by atoms with E-state index >= 15 is 0 Å². The number of carbonyl (C=O) groups excluding carboxylic acids is 1. The zero-order valence-electron chi connectivity index (χ0n) is 20.2. The lowest BCUT2D eigenvalue weighted by Crippen LogP contribution is -2.05. The van der Waals surface area contributed by atoms with Crippen molar-refractivity contribution in [1.82, 2.24) is 0 Å². The smallest absolute Gasteiger partial charge is 0.449 e. The average molecular weight is 606 g/mol. The van der Waals surface area contributed by atoms with Gasteiger partial charge >= 0.3 is 49.2 Å². The Balaban J connectivity index is -0.000000476. The van der Waals surface area contributed by atoms with E-state index in [2.05, 4.69) is 18.9 Å². The summed E-state index contributed by atoms with van der Waals surface area (Å²) >= 11 is 0. The minimum atomic E-state index is -1.81. The summed E-state index contributed by atoms with van der Waals surface area (Å²) in [5, 5.41) is 59.8. The molecule has 21 nitrogen and oxygen atoms in total. The first-order valence-corrected chi connectivity index (χ1v) is 9.58. The summed E-state index contributed by atoms with van der Waals surface area (Å²) in [6.07, 6.45) is -14.5. The van der Waals surface area contributed by atoms with Crippen LogP contribution in [0.2, 0.25) is 0 Å². The van der Waals surface area contributed by atoms with Crippen molar-refractivity contribution in [1.29, 1.82) is 0 Å². The molecule has 42 heavy (non-hydrogen) atoms. The van der Waals surface area contributed by atoms with E-state index < -0.39 is 49.2 Å². The van der Waals surface area contributed by atoms with E-state index in [0.717, 1.165) is 11.1 Å². The van der Waals surface area contributed by atoms with Crippen LogP contribution in [-0.4, -0.2) is 95.9 Å². The molecular formula is C21H18O21. The van der Waals surface area contributed by atoms with Crippen LogP contribution in [0.25, 0.3) is 0 Å². The molecule has 0 spiro atoms. The number of hydrogen-bond acceptors (Lipinski definition) is 13. The molecule has 2 aromatic rings. The SMILES string of the molecule is O=C(O)OC(=O)O.O=C(O)OC(=O)O.O=C(O)OC(=O)O.O=C(O)OC(=O)O.O=C(c1ccccc1)c1ccccc1. The normalized spacial score (nSPS) is 8.19. The molecule has 0 heterocycles. The van der Waals surface area contributed by atoms with Gasteiger partial charge in [-0.1, -0.05) is 60.7 Å². The Kier molecular flexibility index (Phi) is 21.9. The standard InChI is InChI=1S/C13H10O.4C2H2O5/c14-13(11-7-3-1-4-8-11)12-9-5-2-6-10-12;4*3-1(4)7-2(5)6/h1-10H;4*(H,3,4)(H,5,6). The summed E-state index contributed by atoms with van der Waals surface area (Å²) in [6, 6.07) is 18.6. The number of carboxylic acid groups (broad SMARTS) is 8. The molecule has 8 N–H and O–H groups in total. The first-order valence-electron chi connectivity index (χ1n) is 9.58. The van der Waals surface area contributed by atoms with Crippen molar-refractivity contribution in [2.45, 2.75) is 0 Å². The molecule has 0 saturated carbocycles. The lowest BCUT2D eigenvalue weighted by molar-refractivity contribution is 0.0776. The van der Waals surface area contributed by atoms with Gasteiger partial charge in [0.1, 0.15) is 0 Å². The topological polar surface area (TPSA) is 352 Å². The van der Waals surface area contributed by atoms with Gasteiger partial charge in [-0.3, -0.25) is 4.79 Å². The van der Waals surface area contributed by atoms with E-state index in [-0.39, 0.29) is 5.78 Å². The zero-order valence-corrected chi connectivity index (χ0v) is 20.2. The van der Waals surface area contributed by atoms with Crippen LogP contribution < -0.4 is 0 Å². The van der Waals surface area contributed by atoms with E-state index in [9.17, 15) is 43.2 Å². The molecule has 0 aromatic heterocycles. The fraction of sp³-hybridized carbons (Fsp3) is 0. The maximum atomic E-state index is 11.8. The van der Waals surface area contributed by atoms with E-state index in [0.29, 0.717) is 0 Å². The highest BCUT2D eigenvalue weighted by atomic mass is 16.8. The zero-order chi connectivity index (χ0) is 33.3. The minimum Gasteiger partial charge on any atom is -0.449 e. The molecule has 0 amide bonds. The Morgan fingerprint density at radius 3 is 0.619 bits per heavy atom. The summed E-state index contributed by atoms with van der Waals surface area (Å²) < 4.78 is 12.3. The van der Waals surface area contributed by atoms with Crippen LogP contribution in [0.4, 0.5) is 38.4 Å². The predicted octanol–water partition coefficient (Wildman–Crippen LogP) is 4.35. The summed E-state index contributed by atoms with van der Waals surface area (Å²) in [6.45, 7) is 0. The number of ketones is 1. The third-order valence-corrected chi connectivity index (χ3v) is 2.77. The first kappa shape index (κ1) is 39.6. The fourth-order valence-electron chi connectivity index (χ4n) is 1.64. The van der Waals surface area contributed by atoms with E-state index in [1.54, 1.807) is 0 Å². The van der Waals surface area contributed by atoms with E-state index in [1.165, 1.54) is 0 Å². The van der Waals surface area contributed by atoms with Gasteiger partial charge in [0.2, 0.25) is 0 Å². The van der Waals surface area contributed by atoms with Crippen molar-refractivity contribution in [2.24, 2.45) is 0 Å². The van der Waals surface area contributed by atoms with Crippen LogP contribution in [0.15, 0.2) is 60.7 Å². The predicted molar refractivity (Wildman–Crippen MR) is 125 cm³/mol. The van der Waals surface area contributed by atoms with Crippen molar-refractivity contribution >= 4 is 55.0 Å². The highest BCUT2D eigenvalue weighted by Crippen LogP contribution is 2.08. The number of hydrogen-bond donors (Lipinski definition) is 8. The minimum absolute atomic E-state index is 0.0752. The van der Waals surface area contributed by atoms with Gasteiger partial charge in [0.05, 0.1) is 0 Å². The largest absolute Gasteiger partial charge is 0.516 e. The molecule has 0 radical (unpaired) electrons. The number of carbonyl (C=O) groups is 9.